The first-order valence-electron chi connectivity index (χ1n) is 7.75. The maximum absolute atomic E-state index is 14.5. The van der Waals surface area contributed by atoms with E-state index in [1.54, 1.807) is 6.07 Å². The van der Waals surface area contributed by atoms with Crippen molar-refractivity contribution < 1.29 is 4.39 Å². The minimum atomic E-state index is -0.142. The molecule has 4 heteroatoms. The Kier molecular flexibility index (Phi) is 3.62. The molecule has 0 atom stereocenters. The van der Waals surface area contributed by atoms with Crippen LogP contribution in [-0.4, -0.2) is 4.57 Å². The number of halogens is 3. The third-order valence-electron chi connectivity index (χ3n) is 4.70. The van der Waals surface area contributed by atoms with Crippen molar-refractivity contribution in [3.63, 3.8) is 0 Å². The van der Waals surface area contributed by atoms with E-state index in [0.717, 1.165) is 35.2 Å². The Morgan fingerprint density at radius 1 is 1.13 bits per heavy atom. The monoisotopic (exact) mass is 347 g/mol. The molecule has 1 nitrogen and oxygen atoms in total. The highest BCUT2D eigenvalue weighted by atomic mass is 35.5. The molecule has 3 aromatic rings. The first kappa shape index (κ1) is 15.0. The lowest BCUT2D eigenvalue weighted by Gasteiger charge is -2.09. The molecule has 118 valence electrons. The second-order valence-corrected chi connectivity index (χ2v) is 7.10. The van der Waals surface area contributed by atoms with Gasteiger partial charge in [0.05, 0.1) is 5.52 Å². The van der Waals surface area contributed by atoms with Gasteiger partial charge in [0.25, 0.3) is 0 Å². The molecule has 0 amide bonds. The molecule has 1 aliphatic rings. The molecule has 1 aromatic heterocycles. The third kappa shape index (κ3) is 2.64. The van der Waals surface area contributed by atoms with Gasteiger partial charge >= 0.3 is 0 Å². The van der Waals surface area contributed by atoms with E-state index in [2.05, 4.69) is 6.07 Å². The summed E-state index contributed by atoms with van der Waals surface area (Å²) in [6.07, 6.45) is 2.91. The van der Waals surface area contributed by atoms with Crippen LogP contribution in [0.1, 0.15) is 35.6 Å². The average Bonchev–Trinajstić information content (AvgIpc) is 3.31. The minimum Gasteiger partial charge on any atom is -0.347 e. The van der Waals surface area contributed by atoms with Crippen molar-refractivity contribution in [2.75, 3.05) is 0 Å². The summed E-state index contributed by atoms with van der Waals surface area (Å²) in [5.74, 6) is 0.391. The Morgan fingerprint density at radius 2 is 1.83 bits per heavy atom. The Morgan fingerprint density at radius 3 is 2.48 bits per heavy atom. The van der Waals surface area contributed by atoms with E-state index >= 15 is 0 Å². The van der Waals surface area contributed by atoms with Gasteiger partial charge in [0, 0.05) is 34.6 Å². The first-order valence-corrected chi connectivity index (χ1v) is 8.51. The molecule has 0 aliphatic heterocycles. The topological polar surface area (TPSA) is 4.93 Å². The number of benzene rings is 2. The van der Waals surface area contributed by atoms with Crippen molar-refractivity contribution in [3.8, 4) is 0 Å². The molecule has 1 fully saturated rings. The smallest absolute Gasteiger partial charge is 0.132 e. The molecule has 0 radical (unpaired) electrons. The van der Waals surface area contributed by atoms with Crippen molar-refractivity contribution in [2.24, 2.45) is 7.05 Å². The molecule has 0 spiro atoms. The van der Waals surface area contributed by atoms with Crippen LogP contribution in [0.15, 0.2) is 36.4 Å². The van der Waals surface area contributed by atoms with Gasteiger partial charge in [0.15, 0.2) is 0 Å². The van der Waals surface area contributed by atoms with Crippen LogP contribution in [0.25, 0.3) is 10.9 Å². The number of aryl methyl sites for hydroxylation is 1. The molecule has 0 bridgehead atoms. The fraction of sp³-hybridized carbons (Fsp3) is 0.263. The summed E-state index contributed by atoms with van der Waals surface area (Å²) in [7, 11) is 1.97. The Balaban J connectivity index is 1.82. The van der Waals surface area contributed by atoms with Crippen molar-refractivity contribution in [1.82, 2.24) is 4.57 Å². The second-order valence-electron chi connectivity index (χ2n) is 6.28. The van der Waals surface area contributed by atoms with Gasteiger partial charge in [-0.1, -0.05) is 29.3 Å². The lowest BCUT2D eigenvalue weighted by atomic mass is 10.1. The summed E-state index contributed by atoms with van der Waals surface area (Å²) in [6.45, 7) is 0. The van der Waals surface area contributed by atoms with E-state index in [1.165, 1.54) is 0 Å². The van der Waals surface area contributed by atoms with E-state index in [0.29, 0.717) is 27.8 Å². The predicted octanol–water partition coefficient (Wildman–Crippen LogP) is 6.09. The zero-order valence-electron chi connectivity index (χ0n) is 12.7. The summed E-state index contributed by atoms with van der Waals surface area (Å²) < 4.78 is 16.5. The maximum atomic E-state index is 14.5. The normalized spacial score (nSPS) is 14.6. The van der Waals surface area contributed by atoms with Crippen LogP contribution in [0.3, 0.4) is 0 Å². The fourth-order valence-corrected chi connectivity index (χ4v) is 3.70. The number of aromatic nitrogens is 1. The summed E-state index contributed by atoms with van der Waals surface area (Å²) in [4.78, 5) is 0. The summed E-state index contributed by atoms with van der Waals surface area (Å²) >= 11 is 12.5. The van der Waals surface area contributed by atoms with Crippen LogP contribution in [0.5, 0.6) is 0 Å². The van der Waals surface area contributed by atoms with Crippen molar-refractivity contribution >= 4 is 34.1 Å². The SMILES string of the molecule is Cn1c(Cc2c(Cl)cccc2Cl)cc2c(F)cc(C3CC3)cc21. The van der Waals surface area contributed by atoms with Gasteiger partial charge in [0.1, 0.15) is 5.82 Å². The molecule has 23 heavy (non-hydrogen) atoms. The predicted molar refractivity (Wildman–Crippen MR) is 94.1 cm³/mol. The Labute approximate surface area is 144 Å². The summed E-state index contributed by atoms with van der Waals surface area (Å²) in [5, 5.41) is 1.94. The Bertz CT molecular complexity index is 889. The van der Waals surface area contributed by atoms with Gasteiger partial charge in [-0.05, 0) is 60.2 Å². The lowest BCUT2D eigenvalue weighted by molar-refractivity contribution is 0.637. The summed E-state index contributed by atoms with van der Waals surface area (Å²) in [5.41, 5.74) is 3.93. The van der Waals surface area contributed by atoms with E-state index in [9.17, 15) is 4.39 Å². The number of nitrogens with zero attached hydrogens (tertiary/aromatic N) is 1. The average molecular weight is 348 g/mol. The fourth-order valence-electron chi connectivity index (χ4n) is 3.17. The zero-order valence-corrected chi connectivity index (χ0v) is 14.3. The Hall–Kier alpha value is -1.51. The van der Waals surface area contributed by atoms with Crippen LogP contribution in [-0.2, 0) is 13.5 Å². The van der Waals surface area contributed by atoms with Crippen molar-refractivity contribution in [2.45, 2.75) is 25.2 Å². The number of fused-ring (bicyclic) bond motifs is 1. The van der Waals surface area contributed by atoms with E-state index in [-0.39, 0.29) is 5.82 Å². The van der Waals surface area contributed by atoms with Crippen LogP contribution >= 0.6 is 23.2 Å². The molecule has 0 saturated heterocycles. The van der Waals surface area contributed by atoms with Gasteiger partial charge < -0.3 is 4.57 Å². The molecule has 1 saturated carbocycles. The van der Waals surface area contributed by atoms with Crippen molar-refractivity contribution in [3.05, 3.63) is 69.1 Å². The standard InChI is InChI=1S/C19H16Cl2FN/c1-23-13(9-14-16(20)3-2-4-17(14)21)10-15-18(22)7-12(8-19(15)23)11-5-6-11/h2-4,7-8,10-11H,5-6,9H2,1H3. The van der Waals surface area contributed by atoms with E-state index in [1.807, 2.05) is 35.9 Å². The number of rotatable bonds is 3. The van der Waals surface area contributed by atoms with Crippen LogP contribution in [0, 0.1) is 5.82 Å². The van der Waals surface area contributed by atoms with Gasteiger partial charge in [-0.2, -0.15) is 0 Å². The van der Waals surface area contributed by atoms with Gasteiger partial charge in [-0.15, -0.1) is 0 Å². The highest BCUT2D eigenvalue weighted by Gasteiger charge is 2.25. The number of hydrogen-bond acceptors (Lipinski definition) is 0. The van der Waals surface area contributed by atoms with E-state index in [4.69, 9.17) is 23.2 Å². The van der Waals surface area contributed by atoms with Gasteiger partial charge in [-0.25, -0.2) is 4.39 Å². The largest absolute Gasteiger partial charge is 0.347 e. The third-order valence-corrected chi connectivity index (χ3v) is 5.41. The highest BCUT2D eigenvalue weighted by Crippen LogP contribution is 2.42. The minimum absolute atomic E-state index is 0.142. The van der Waals surface area contributed by atoms with Gasteiger partial charge in [-0.3, -0.25) is 0 Å². The van der Waals surface area contributed by atoms with Crippen LogP contribution in [0.4, 0.5) is 4.39 Å². The van der Waals surface area contributed by atoms with Crippen molar-refractivity contribution in [1.29, 1.82) is 0 Å². The molecule has 0 N–H and O–H groups in total. The zero-order chi connectivity index (χ0) is 16.1. The molecule has 1 aliphatic carbocycles. The molecule has 2 aromatic carbocycles. The summed E-state index contributed by atoms with van der Waals surface area (Å²) in [6, 6.07) is 11.2. The molecular formula is C19H16Cl2FN. The van der Waals surface area contributed by atoms with Gasteiger partial charge in [0.2, 0.25) is 0 Å². The number of hydrogen-bond donors (Lipinski definition) is 0. The quantitative estimate of drug-likeness (QED) is 0.540. The first-order chi connectivity index (χ1) is 11.0. The maximum Gasteiger partial charge on any atom is 0.132 e. The van der Waals surface area contributed by atoms with Crippen LogP contribution in [0.2, 0.25) is 10.0 Å². The molecule has 0 unspecified atom stereocenters. The lowest BCUT2D eigenvalue weighted by Crippen LogP contribution is -1.99. The second kappa shape index (κ2) is 5.54. The highest BCUT2D eigenvalue weighted by molar-refractivity contribution is 6.36. The molecule has 4 rings (SSSR count). The molecule has 1 heterocycles. The van der Waals surface area contributed by atoms with Crippen LogP contribution < -0.4 is 0 Å². The molecular weight excluding hydrogens is 332 g/mol. The van der Waals surface area contributed by atoms with E-state index < -0.39 is 0 Å².